The Morgan fingerprint density at radius 3 is 2.29 bits per heavy atom. The number of nitrogens with zero attached hydrogens (tertiary/aromatic N) is 3. The molecule has 14 nitrogen and oxygen atoms in total. The average molecular weight is 524 g/mol. The summed E-state index contributed by atoms with van der Waals surface area (Å²) in [6.45, 7) is 1.54. The van der Waals surface area contributed by atoms with Gasteiger partial charge in [-0.15, -0.1) is 11.3 Å². The molecular formula is C18H29N5O9S2. The van der Waals surface area contributed by atoms with Gasteiger partial charge >= 0.3 is 17.9 Å². The van der Waals surface area contributed by atoms with E-state index in [1.54, 1.807) is 30.1 Å². The molecule has 1 aromatic heterocycles. The fourth-order valence-corrected chi connectivity index (χ4v) is 3.98. The monoisotopic (exact) mass is 523 g/mol. The molecule has 6 N–H and O–H groups in total. The van der Waals surface area contributed by atoms with E-state index in [0.29, 0.717) is 12.4 Å². The van der Waals surface area contributed by atoms with Crippen LogP contribution in [0.25, 0.3) is 0 Å². The molecule has 0 aliphatic heterocycles. The smallest absolute Gasteiger partial charge is 0.336 e. The molecule has 0 radical (unpaired) electrons. The molecule has 0 spiro atoms. The third kappa shape index (κ3) is 14.2. The van der Waals surface area contributed by atoms with Gasteiger partial charge in [0.05, 0.1) is 23.5 Å². The third-order valence-electron chi connectivity index (χ3n) is 3.65. The van der Waals surface area contributed by atoms with Gasteiger partial charge in [-0.2, -0.15) is 11.8 Å². The van der Waals surface area contributed by atoms with Gasteiger partial charge in [-0.05, 0) is 14.1 Å². The van der Waals surface area contributed by atoms with Crippen LogP contribution in [0.3, 0.4) is 0 Å². The van der Waals surface area contributed by atoms with Crippen molar-refractivity contribution in [2.24, 2.45) is 0 Å². The molecule has 0 fully saturated rings. The van der Waals surface area contributed by atoms with E-state index in [1.165, 1.54) is 0 Å². The summed E-state index contributed by atoms with van der Waals surface area (Å²) in [5.41, 5.74) is -1.64. The molecular weight excluding hydrogens is 494 g/mol. The molecule has 0 aromatic carbocycles. The Hall–Kier alpha value is -2.95. The van der Waals surface area contributed by atoms with Crippen molar-refractivity contribution in [2.75, 3.05) is 33.4 Å². The largest absolute Gasteiger partial charge is 0.481 e. The predicted octanol–water partition coefficient (Wildman–Crippen LogP) is 0.0740. The minimum Gasteiger partial charge on any atom is -0.481 e. The first kappa shape index (κ1) is 31.0. The van der Waals surface area contributed by atoms with Crippen LogP contribution in [0.1, 0.15) is 23.5 Å². The summed E-state index contributed by atoms with van der Waals surface area (Å²) in [6.07, 6.45) is -1.36. The van der Waals surface area contributed by atoms with Crippen molar-refractivity contribution in [3.63, 3.8) is 0 Å². The molecule has 0 aliphatic carbocycles. The predicted molar refractivity (Wildman–Crippen MR) is 125 cm³/mol. The van der Waals surface area contributed by atoms with Crippen molar-refractivity contribution in [1.82, 2.24) is 20.5 Å². The molecule has 34 heavy (non-hydrogen) atoms. The van der Waals surface area contributed by atoms with E-state index in [0.717, 1.165) is 35.0 Å². The first-order valence-electron chi connectivity index (χ1n) is 9.61. The summed E-state index contributed by atoms with van der Waals surface area (Å²) >= 11 is 3.43. The van der Waals surface area contributed by atoms with Crippen LogP contribution in [0.15, 0.2) is 17.4 Å². The molecule has 0 aliphatic rings. The molecule has 0 saturated heterocycles. The zero-order chi connectivity index (χ0) is 26.3. The van der Waals surface area contributed by atoms with Crippen LogP contribution < -0.4 is 10.6 Å². The van der Waals surface area contributed by atoms with Crippen molar-refractivity contribution in [2.45, 2.75) is 30.7 Å². The van der Waals surface area contributed by atoms with Gasteiger partial charge < -0.3 is 36.0 Å². The Balaban J connectivity index is 0.000000722. The number of aromatic nitrogens is 1. The number of hydrogen-bond donors (Lipinski definition) is 6. The van der Waals surface area contributed by atoms with E-state index < -0.39 is 41.3 Å². The molecule has 192 valence electrons. The highest BCUT2D eigenvalue weighted by Gasteiger charge is 2.40. The summed E-state index contributed by atoms with van der Waals surface area (Å²) in [4.78, 5) is 47.0. The van der Waals surface area contributed by atoms with Gasteiger partial charge in [0.25, 0.3) is 6.20 Å². The molecule has 0 bridgehead atoms. The highest BCUT2D eigenvalue weighted by Crippen LogP contribution is 2.17. The first-order valence-corrected chi connectivity index (χ1v) is 11.6. The number of carboxylic acids is 3. The summed E-state index contributed by atoms with van der Waals surface area (Å²) < 4.78 is 0. The SMILES string of the molecule is CNC(=C[N+](=O)[O-])NCCSCc1csc(CN(C)C)n1.O=C(O)CC(O)(CC(=O)O)C(=O)O. The van der Waals surface area contributed by atoms with Crippen molar-refractivity contribution in [3.05, 3.63) is 38.2 Å². The maximum Gasteiger partial charge on any atom is 0.336 e. The van der Waals surface area contributed by atoms with Crippen molar-refractivity contribution in [3.8, 4) is 0 Å². The lowest BCUT2D eigenvalue weighted by atomic mass is 9.96. The lowest BCUT2D eigenvalue weighted by molar-refractivity contribution is -0.404. The minimum atomic E-state index is -2.74. The Bertz CT molecular complexity index is 845. The average Bonchev–Trinajstić information content (AvgIpc) is 3.12. The third-order valence-corrected chi connectivity index (χ3v) is 5.53. The van der Waals surface area contributed by atoms with Crippen LogP contribution in [-0.2, 0) is 26.7 Å². The van der Waals surface area contributed by atoms with Crippen molar-refractivity contribution in [1.29, 1.82) is 0 Å². The fourth-order valence-electron chi connectivity index (χ4n) is 2.21. The summed E-state index contributed by atoms with van der Waals surface area (Å²) in [5.74, 6) is -2.88. The van der Waals surface area contributed by atoms with Crippen molar-refractivity contribution >= 4 is 41.0 Å². The number of nitrogens with one attached hydrogen (secondary N) is 2. The lowest BCUT2D eigenvalue weighted by Crippen LogP contribution is -2.42. The number of thioether (sulfide) groups is 1. The molecule has 1 heterocycles. The van der Waals surface area contributed by atoms with Gasteiger partial charge in [-0.1, -0.05) is 0 Å². The second kappa shape index (κ2) is 15.8. The number of hydrogen-bond acceptors (Lipinski definition) is 12. The van der Waals surface area contributed by atoms with Crippen LogP contribution in [0.2, 0.25) is 0 Å². The van der Waals surface area contributed by atoms with Gasteiger partial charge in [-0.3, -0.25) is 19.7 Å². The summed E-state index contributed by atoms with van der Waals surface area (Å²) in [5, 5.41) is 53.1. The minimum absolute atomic E-state index is 0.419. The zero-order valence-electron chi connectivity index (χ0n) is 18.9. The van der Waals surface area contributed by atoms with Gasteiger partial charge in [0, 0.05) is 37.0 Å². The maximum atomic E-state index is 10.4. The van der Waals surface area contributed by atoms with Crippen LogP contribution in [0, 0.1) is 10.1 Å². The van der Waals surface area contributed by atoms with Crippen LogP contribution >= 0.6 is 23.1 Å². The number of aliphatic hydroxyl groups is 1. The number of carbonyl (C=O) groups is 3. The maximum absolute atomic E-state index is 10.4. The zero-order valence-corrected chi connectivity index (χ0v) is 20.5. The highest BCUT2D eigenvalue weighted by molar-refractivity contribution is 7.98. The first-order chi connectivity index (χ1) is 15.8. The number of aliphatic carboxylic acids is 3. The van der Waals surface area contributed by atoms with E-state index in [-0.39, 0.29) is 0 Å². The highest BCUT2D eigenvalue weighted by atomic mass is 32.2. The topological polar surface area (TPSA) is 215 Å². The Morgan fingerprint density at radius 1 is 1.26 bits per heavy atom. The van der Waals surface area contributed by atoms with E-state index >= 15 is 0 Å². The molecule has 0 unspecified atom stereocenters. The fraction of sp³-hybridized carbons (Fsp3) is 0.556. The number of thiazole rings is 1. The van der Waals surface area contributed by atoms with Crippen molar-refractivity contribution < 1.29 is 39.7 Å². The molecule has 0 saturated carbocycles. The molecule has 16 heteroatoms. The van der Waals surface area contributed by atoms with Gasteiger partial charge in [0.15, 0.2) is 11.4 Å². The van der Waals surface area contributed by atoms with Gasteiger partial charge in [0.2, 0.25) is 0 Å². The number of rotatable bonds is 15. The van der Waals surface area contributed by atoms with Crippen LogP contribution in [0.4, 0.5) is 0 Å². The summed E-state index contributed by atoms with van der Waals surface area (Å²) in [6, 6.07) is 0. The van der Waals surface area contributed by atoms with E-state index in [1.807, 2.05) is 14.1 Å². The number of carboxylic acid groups (broad SMARTS) is 3. The Morgan fingerprint density at radius 2 is 1.85 bits per heavy atom. The Labute approximate surface area is 203 Å². The van der Waals surface area contributed by atoms with Crippen LogP contribution in [-0.4, -0.2) is 92.2 Å². The van der Waals surface area contributed by atoms with E-state index in [9.17, 15) is 24.5 Å². The lowest BCUT2D eigenvalue weighted by Gasteiger charge is -2.18. The normalized spacial score (nSPS) is 11.4. The number of nitro groups is 1. The molecule has 1 rings (SSSR count). The van der Waals surface area contributed by atoms with Crippen LogP contribution in [0.5, 0.6) is 0 Å². The Kier molecular flexibility index (Phi) is 14.4. The van der Waals surface area contributed by atoms with E-state index in [4.69, 9.17) is 20.4 Å². The van der Waals surface area contributed by atoms with Gasteiger partial charge in [-0.25, -0.2) is 9.78 Å². The standard InChI is InChI=1S/C12H21N5O2S2.C6H8O7/c1-13-11(6-17(18)19)14-4-5-20-8-10-9-21-12(15-10)7-16(2)3;7-3(8)1-6(13,5(11)12)2-4(9)10/h6,9,13-14H,4-5,7-8H2,1-3H3;13H,1-2H2,(H,7,8)(H,9,10)(H,11,12). The second-order valence-corrected chi connectivity index (χ2v) is 9.05. The molecule has 0 atom stereocenters. The van der Waals surface area contributed by atoms with E-state index in [2.05, 4.69) is 25.9 Å². The quantitative estimate of drug-likeness (QED) is 0.102. The molecule has 0 amide bonds. The second-order valence-electron chi connectivity index (χ2n) is 7.01. The molecule has 1 aromatic rings. The summed E-state index contributed by atoms with van der Waals surface area (Å²) in [7, 11) is 5.70. The van der Waals surface area contributed by atoms with Gasteiger partial charge in [0.1, 0.15) is 5.01 Å².